The van der Waals surface area contributed by atoms with E-state index in [2.05, 4.69) is 20.6 Å². The van der Waals surface area contributed by atoms with Crippen molar-refractivity contribution >= 4 is 28.7 Å². The first-order valence-electron chi connectivity index (χ1n) is 12.0. The van der Waals surface area contributed by atoms with Crippen molar-refractivity contribution in [3.05, 3.63) is 36.0 Å². The molecule has 0 radical (unpaired) electrons. The van der Waals surface area contributed by atoms with Crippen LogP contribution in [-0.2, 0) is 9.47 Å². The van der Waals surface area contributed by atoms with Crippen molar-refractivity contribution in [2.24, 2.45) is 0 Å². The summed E-state index contributed by atoms with van der Waals surface area (Å²) in [5, 5.41) is 6.51. The summed E-state index contributed by atoms with van der Waals surface area (Å²) >= 11 is 0. The Morgan fingerprint density at radius 3 is 2.62 bits per heavy atom. The van der Waals surface area contributed by atoms with E-state index in [9.17, 15) is 8.78 Å². The Morgan fingerprint density at radius 2 is 1.88 bits per heavy atom. The number of anilines is 3. The molecular formula is C24H30F2N6O2. The van der Waals surface area contributed by atoms with Gasteiger partial charge in [-0.3, -0.25) is 4.57 Å². The van der Waals surface area contributed by atoms with Gasteiger partial charge in [-0.1, -0.05) is 0 Å². The van der Waals surface area contributed by atoms with E-state index in [1.807, 2.05) is 11.5 Å². The van der Waals surface area contributed by atoms with Gasteiger partial charge in [-0.2, -0.15) is 4.98 Å². The fraction of sp³-hybridized carbons (Fsp3) is 0.542. The highest BCUT2D eigenvalue weighted by molar-refractivity contribution is 5.76. The normalized spacial score (nSPS) is 21.6. The van der Waals surface area contributed by atoms with E-state index in [1.54, 1.807) is 6.20 Å². The summed E-state index contributed by atoms with van der Waals surface area (Å²) in [5.41, 5.74) is 1.45. The maximum Gasteiger partial charge on any atom is 0.224 e. The molecule has 1 saturated heterocycles. The first kappa shape index (κ1) is 22.9. The lowest BCUT2D eigenvalue weighted by molar-refractivity contribution is 0.0346. The molecule has 8 nitrogen and oxygen atoms in total. The molecule has 10 heteroatoms. The van der Waals surface area contributed by atoms with Crippen molar-refractivity contribution < 1.29 is 18.3 Å². The van der Waals surface area contributed by atoms with Gasteiger partial charge in [0.2, 0.25) is 11.9 Å². The number of hydrogen-bond donors (Lipinski definition) is 2. The van der Waals surface area contributed by atoms with Crippen LogP contribution in [0.5, 0.6) is 0 Å². The van der Waals surface area contributed by atoms with Gasteiger partial charge in [0.15, 0.2) is 5.65 Å². The van der Waals surface area contributed by atoms with Crippen LogP contribution in [0.1, 0.15) is 51.5 Å². The van der Waals surface area contributed by atoms with Crippen LogP contribution in [0.2, 0.25) is 0 Å². The highest BCUT2D eigenvalue weighted by atomic mass is 19.1. The van der Waals surface area contributed by atoms with Gasteiger partial charge in [-0.05, 0) is 57.6 Å². The van der Waals surface area contributed by atoms with Crippen LogP contribution in [0.25, 0.3) is 11.2 Å². The van der Waals surface area contributed by atoms with E-state index >= 15 is 0 Å². The topological polar surface area (TPSA) is 86.1 Å². The number of hydrogen-bond acceptors (Lipinski definition) is 7. The van der Waals surface area contributed by atoms with Crippen molar-refractivity contribution in [3.8, 4) is 0 Å². The minimum absolute atomic E-state index is 0.0918. The van der Waals surface area contributed by atoms with Crippen molar-refractivity contribution in [1.82, 2.24) is 19.5 Å². The summed E-state index contributed by atoms with van der Waals surface area (Å²) < 4.78 is 41.0. The Kier molecular flexibility index (Phi) is 6.87. The molecule has 0 spiro atoms. The van der Waals surface area contributed by atoms with E-state index in [4.69, 9.17) is 14.5 Å². The lowest BCUT2D eigenvalue weighted by atomic mass is 9.93. The first-order valence-corrected chi connectivity index (χ1v) is 12.0. The number of imidazole rings is 1. The second-order valence-electron chi connectivity index (χ2n) is 8.87. The Balaban J connectivity index is 1.43. The SMILES string of the molecule is CCOC1CCC(Nc2ncc3nc(Nc4ccc(F)cc4F)n(C4CCOCC4)c3n2)CC1. The predicted molar refractivity (Wildman–Crippen MR) is 125 cm³/mol. The Labute approximate surface area is 197 Å². The highest BCUT2D eigenvalue weighted by Crippen LogP contribution is 2.32. The maximum absolute atomic E-state index is 14.4. The average Bonchev–Trinajstić information content (AvgIpc) is 3.20. The van der Waals surface area contributed by atoms with Crippen LogP contribution in [0.3, 0.4) is 0 Å². The quantitative estimate of drug-likeness (QED) is 0.503. The third-order valence-corrected chi connectivity index (χ3v) is 6.58. The van der Waals surface area contributed by atoms with E-state index in [0.717, 1.165) is 51.2 Å². The molecular weight excluding hydrogens is 442 g/mol. The van der Waals surface area contributed by atoms with Crippen molar-refractivity contribution in [2.75, 3.05) is 30.5 Å². The van der Waals surface area contributed by atoms with Gasteiger partial charge >= 0.3 is 0 Å². The molecule has 0 unspecified atom stereocenters. The monoisotopic (exact) mass is 472 g/mol. The van der Waals surface area contributed by atoms with Gasteiger partial charge in [0, 0.05) is 38.0 Å². The fourth-order valence-corrected chi connectivity index (χ4v) is 4.84. The first-order chi connectivity index (χ1) is 16.6. The molecule has 3 heterocycles. The average molecular weight is 473 g/mol. The van der Waals surface area contributed by atoms with Crippen LogP contribution in [0.15, 0.2) is 24.4 Å². The standard InChI is InChI=1S/C24H30F2N6O2/c1-2-34-18-6-4-16(5-7-18)28-23-27-14-21-22(31-23)32(17-9-11-33-12-10-17)24(30-21)29-20-8-3-15(25)13-19(20)26/h3,8,13-14,16-18H,2,4-7,9-12H2,1H3,(H,29,30)(H,27,28,31). The molecule has 3 aromatic rings. The molecule has 0 atom stereocenters. The molecule has 2 N–H and O–H groups in total. The fourth-order valence-electron chi connectivity index (χ4n) is 4.84. The Morgan fingerprint density at radius 1 is 1.09 bits per heavy atom. The van der Waals surface area contributed by atoms with Crippen LogP contribution in [0, 0.1) is 11.6 Å². The number of nitrogens with one attached hydrogen (secondary N) is 2. The van der Waals surface area contributed by atoms with Crippen LogP contribution in [-0.4, -0.2) is 51.5 Å². The van der Waals surface area contributed by atoms with Gasteiger partial charge in [-0.25, -0.2) is 18.7 Å². The van der Waals surface area contributed by atoms with Crippen molar-refractivity contribution in [1.29, 1.82) is 0 Å². The summed E-state index contributed by atoms with van der Waals surface area (Å²) in [5.74, 6) is -0.296. The van der Waals surface area contributed by atoms with E-state index in [0.29, 0.717) is 48.4 Å². The molecule has 2 aliphatic rings. The molecule has 5 rings (SSSR count). The van der Waals surface area contributed by atoms with Gasteiger partial charge in [0.25, 0.3) is 0 Å². The molecule has 182 valence electrons. The number of benzene rings is 1. The predicted octanol–water partition coefficient (Wildman–Crippen LogP) is 4.96. The smallest absolute Gasteiger partial charge is 0.224 e. The number of ether oxygens (including phenoxy) is 2. The third kappa shape index (κ3) is 4.97. The summed E-state index contributed by atoms with van der Waals surface area (Å²) in [7, 11) is 0. The molecule has 1 aliphatic carbocycles. The summed E-state index contributed by atoms with van der Waals surface area (Å²) in [6.45, 7) is 4.04. The maximum atomic E-state index is 14.4. The number of nitrogens with zero attached hydrogens (tertiary/aromatic N) is 4. The molecule has 1 saturated carbocycles. The Bertz CT molecular complexity index is 1130. The zero-order valence-corrected chi connectivity index (χ0v) is 19.3. The van der Waals surface area contributed by atoms with Crippen LogP contribution in [0.4, 0.5) is 26.4 Å². The molecule has 2 fully saturated rings. The van der Waals surface area contributed by atoms with Crippen molar-refractivity contribution in [2.45, 2.75) is 63.6 Å². The van der Waals surface area contributed by atoms with Gasteiger partial charge < -0.3 is 20.1 Å². The second-order valence-corrected chi connectivity index (χ2v) is 8.87. The number of halogens is 2. The molecule has 0 bridgehead atoms. The molecule has 2 aromatic heterocycles. The lowest BCUT2D eigenvalue weighted by Gasteiger charge is -2.29. The summed E-state index contributed by atoms with van der Waals surface area (Å²) in [4.78, 5) is 13.9. The molecule has 1 aliphatic heterocycles. The third-order valence-electron chi connectivity index (χ3n) is 6.58. The largest absolute Gasteiger partial charge is 0.381 e. The lowest BCUT2D eigenvalue weighted by Crippen LogP contribution is -2.30. The molecule has 1 aromatic carbocycles. The Hall–Kier alpha value is -2.85. The molecule has 34 heavy (non-hydrogen) atoms. The number of rotatable bonds is 7. The van der Waals surface area contributed by atoms with E-state index < -0.39 is 11.6 Å². The summed E-state index contributed by atoms with van der Waals surface area (Å²) in [6.07, 6.45) is 7.65. The van der Waals surface area contributed by atoms with Crippen molar-refractivity contribution in [3.63, 3.8) is 0 Å². The van der Waals surface area contributed by atoms with E-state index in [1.165, 1.54) is 12.1 Å². The minimum Gasteiger partial charge on any atom is -0.381 e. The zero-order chi connectivity index (χ0) is 23.5. The zero-order valence-electron chi connectivity index (χ0n) is 19.3. The summed E-state index contributed by atoms with van der Waals surface area (Å²) in [6, 6.07) is 3.82. The van der Waals surface area contributed by atoms with E-state index in [-0.39, 0.29) is 11.7 Å². The number of aromatic nitrogens is 4. The van der Waals surface area contributed by atoms with Gasteiger partial charge in [0.1, 0.15) is 17.2 Å². The van der Waals surface area contributed by atoms with Gasteiger partial charge in [0.05, 0.1) is 18.0 Å². The number of fused-ring (bicyclic) bond motifs is 1. The van der Waals surface area contributed by atoms with Crippen LogP contribution >= 0.6 is 0 Å². The van der Waals surface area contributed by atoms with Crippen LogP contribution < -0.4 is 10.6 Å². The molecule has 0 amide bonds. The minimum atomic E-state index is -0.679. The van der Waals surface area contributed by atoms with Gasteiger partial charge in [-0.15, -0.1) is 0 Å². The highest BCUT2D eigenvalue weighted by Gasteiger charge is 2.25. The second kappa shape index (κ2) is 10.2.